The van der Waals surface area contributed by atoms with E-state index >= 15 is 0 Å². The third kappa shape index (κ3) is 11.7. The van der Waals surface area contributed by atoms with E-state index in [0.717, 1.165) is 32.1 Å². The topological polar surface area (TPSA) is 71.1 Å². The van der Waals surface area contributed by atoms with Crippen LogP contribution in [0.1, 0.15) is 112 Å². The van der Waals surface area contributed by atoms with Crippen molar-refractivity contribution in [3.63, 3.8) is 0 Å². The highest BCUT2D eigenvalue weighted by molar-refractivity contribution is 5.74. The van der Waals surface area contributed by atoms with Gasteiger partial charge < -0.3 is 18.9 Å². The molecular formula is C29H50O6. The molecule has 0 aliphatic heterocycles. The molecule has 0 saturated heterocycles. The van der Waals surface area contributed by atoms with Crippen molar-refractivity contribution in [3.8, 4) is 0 Å². The van der Waals surface area contributed by atoms with E-state index in [-0.39, 0.29) is 23.6 Å². The van der Waals surface area contributed by atoms with Gasteiger partial charge in [-0.15, -0.1) is 0 Å². The summed E-state index contributed by atoms with van der Waals surface area (Å²) in [6.07, 6.45) is 16.5. The summed E-state index contributed by atoms with van der Waals surface area (Å²) >= 11 is 0. The number of carbonyl (C=O) groups excluding carboxylic acids is 2. The molecule has 35 heavy (non-hydrogen) atoms. The zero-order chi connectivity index (χ0) is 26.1. The molecule has 0 bridgehead atoms. The molecule has 202 valence electrons. The van der Waals surface area contributed by atoms with Crippen LogP contribution in [0.15, 0.2) is 24.0 Å². The van der Waals surface area contributed by atoms with Gasteiger partial charge in [-0.2, -0.15) is 0 Å². The smallest absolute Gasteiger partial charge is 0.313 e. The molecule has 0 heterocycles. The number of carbonyl (C=O) groups is 2. The fourth-order valence-corrected chi connectivity index (χ4v) is 3.70. The highest BCUT2D eigenvalue weighted by Gasteiger charge is 2.47. The first kappa shape index (κ1) is 31.4. The minimum absolute atomic E-state index is 0.245. The van der Waals surface area contributed by atoms with Gasteiger partial charge in [0.15, 0.2) is 5.76 Å². The maximum Gasteiger partial charge on any atom is 0.313 e. The SMILES string of the molecule is CCCCCCCCOC1(OCCCCCCC)C=CC=C(OC(=O)C(C)C)C1OC(=O)C(C)C. The van der Waals surface area contributed by atoms with Crippen LogP contribution in [0.4, 0.5) is 0 Å². The van der Waals surface area contributed by atoms with Gasteiger partial charge in [0, 0.05) is 0 Å². The third-order valence-corrected chi connectivity index (χ3v) is 6.01. The molecule has 1 rings (SSSR count). The van der Waals surface area contributed by atoms with Gasteiger partial charge in [0.05, 0.1) is 25.0 Å². The number of allylic oxidation sites excluding steroid dienone is 2. The molecule has 2 unspecified atom stereocenters. The fraction of sp³-hybridized carbons (Fsp3) is 0.793. The van der Waals surface area contributed by atoms with Crippen molar-refractivity contribution in [3.05, 3.63) is 24.0 Å². The van der Waals surface area contributed by atoms with Crippen LogP contribution in [0.25, 0.3) is 0 Å². The first-order chi connectivity index (χ1) is 16.8. The molecule has 0 radical (unpaired) electrons. The quantitative estimate of drug-likeness (QED) is 0.107. The fourth-order valence-electron chi connectivity index (χ4n) is 3.70. The summed E-state index contributed by atoms with van der Waals surface area (Å²) in [5.74, 6) is -2.51. The van der Waals surface area contributed by atoms with Crippen LogP contribution in [-0.4, -0.2) is 37.0 Å². The molecule has 0 fully saturated rings. The summed E-state index contributed by atoms with van der Waals surface area (Å²) < 4.78 is 24.2. The van der Waals surface area contributed by atoms with Crippen LogP contribution in [-0.2, 0) is 28.5 Å². The monoisotopic (exact) mass is 494 g/mol. The number of ether oxygens (including phenoxy) is 4. The molecular weight excluding hydrogens is 444 g/mol. The highest BCUT2D eigenvalue weighted by atomic mass is 16.7. The maximum absolute atomic E-state index is 12.7. The summed E-state index contributed by atoms with van der Waals surface area (Å²) in [5, 5.41) is 0. The molecule has 0 saturated carbocycles. The van der Waals surface area contributed by atoms with Crippen molar-refractivity contribution < 1.29 is 28.5 Å². The van der Waals surface area contributed by atoms with E-state index in [1.165, 1.54) is 38.5 Å². The predicted octanol–water partition coefficient (Wildman–Crippen LogP) is 7.27. The highest BCUT2D eigenvalue weighted by Crippen LogP contribution is 2.34. The Hall–Kier alpha value is -1.66. The summed E-state index contributed by atoms with van der Waals surface area (Å²) in [6.45, 7) is 12.4. The molecule has 6 nitrogen and oxygen atoms in total. The van der Waals surface area contributed by atoms with E-state index in [4.69, 9.17) is 18.9 Å². The minimum atomic E-state index is -1.32. The maximum atomic E-state index is 12.7. The Kier molecular flexibility index (Phi) is 15.9. The van der Waals surface area contributed by atoms with Crippen LogP contribution >= 0.6 is 0 Å². The molecule has 2 atom stereocenters. The number of rotatable bonds is 19. The van der Waals surface area contributed by atoms with Crippen molar-refractivity contribution >= 4 is 11.9 Å². The molecule has 1 aliphatic carbocycles. The normalized spacial score (nSPS) is 19.8. The molecule has 0 aromatic carbocycles. The predicted molar refractivity (Wildman–Crippen MR) is 140 cm³/mol. The number of hydrogen-bond donors (Lipinski definition) is 0. The largest absolute Gasteiger partial charge is 0.448 e. The standard InChI is InChI=1S/C29H50O6/c1-7-9-11-13-15-17-22-33-29(32-21-16-14-12-10-8-2)20-18-19-25(34-27(30)23(3)4)26(29)35-28(31)24(5)6/h18-20,23-24,26H,7-17,21-22H2,1-6H3. The first-order valence-corrected chi connectivity index (χ1v) is 13.9. The van der Waals surface area contributed by atoms with E-state index in [1.54, 1.807) is 45.9 Å². The number of hydrogen-bond acceptors (Lipinski definition) is 6. The second kappa shape index (κ2) is 17.7. The zero-order valence-electron chi connectivity index (χ0n) is 23.1. The van der Waals surface area contributed by atoms with Gasteiger partial charge in [-0.1, -0.05) is 105 Å². The molecule has 1 aliphatic rings. The number of esters is 2. The lowest BCUT2D eigenvalue weighted by atomic mass is 10.0. The lowest BCUT2D eigenvalue weighted by Crippen LogP contribution is -2.51. The second-order valence-corrected chi connectivity index (χ2v) is 10.1. The van der Waals surface area contributed by atoms with Crippen molar-refractivity contribution in [2.75, 3.05) is 13.2 Å². The molecule has 6 heteroatoms. The van der Waals surface area contributed by atoms with Gasteiger partial charge in [0.25, 0.3) is 0 Å². The average Bonchev–Trinajstić information content (AvgIpc) is 2.82. The van der Waals surface area contributed by atoms with E-state index < -0.39 is 17.9 Å². The van der Waals surface area contributed by atoms with Crippen LogP contribution in [0.3, 0.4) is 0 Å². The van der Waals surface area contributed by atoms with Gasteiger partial charge in [-0.25, -0.2) is 0 Å². The first-order valence-electron chi connectivity index (χ1n) is 13.9. The Morgan fingerprint density at radius 3 is 1.74 bits per heavy atom. The summed E-state index contributed by atoms with van der Waals surface area (Å²) in [6, 6.07) is 0. The molecule has 0 aromatic rings. The summed E-state index contributed by atoms with van der Waals surface area (Å²) in [5.41, 5.74) is 0. The van der Waals surface area contributed by atoms with Crippen LogP contribution in [0.2, 0.25) is 0 Å². The second-order valence-electron chi connectivity index (χ2n) is 10.1. The van der Waals surface area contributed by atoms with Gasteiger partial charge >= 0.3 is 11.9 Å². The Labute approximate surface area is 213 Å². The average molecular weight is 495 g/mol. The van der Waals surface area contributed by atoms with Crippen LogP contribution in [0, 0.1) is 11.8 Å². The van der Waals surface area contributed by atoms with Gasteiger partial charge in [0.1, 0.15) is 0 Å². The van der Waals surface area contributed by atoms with Gasteiger partial charge in [-0.05, 0) is 25.0 Å². The Morgan fingerprint density at radius 2 is 1.26 bits per heavy atom. The van der Waals surface area contributed by atoms with E-state index in [1.807, 2.05) is 0 Å². The van der Waals surface area contributed by atoms with Crippen molar-refractivity contribution in [1.82, 2.24) is 0 Å². The Balaban J connectivity index is 3.03. The van der Waals surface area contributed by atoms with Crippen LogP contribution in [0.5, 0.6) is 0 Å². The van der Waals surface area contributed by atoms with Crippen molar-refractivity contribution in [2.45, 2.75) is 124 Å². The Bertz CT molecular complexity index is 666. The third-order valence-electron chi connectivity index (χ3n) is 6.01. The van der Waals surface area contributed by atoms with Crippen molar-refractivity contribution in [2.24, 2.45) is 11.8 Å². The molecule has 0 amide bonds. The number of unbranched alkanes of at least 4 members (excludes halogenated alkanes) is 9. The summed E-state index contributed by atoms with van der Waals surface area (Å²) in [7, 11) is 0. The molecule has 0 N–H and O–H groups in total. The summed E-state index contributed by atoms with van der Waals surface area (Å²) in [4.78, 5) is 25.1. The lowest BCUT2D eigenvalue weighted by Gasteiger charge is -2.39. The van der Waals surface area contributed by atoms with Crippen molar-refractivity contribution in [1.29, 1.82) is 0 Å². The van der Waals surface area contributed by atoms with E-state index in [9.17, 15) is 9.59 Å². The molecule has 0 aromatic heterocycles. The van der Waals surface area contributed by atoms with Crippen LogP contribution < -0.4 is 0 Å². The zero-order valence-corrected chi connectivity index (χ0v) is 23.1. The van der Waals surface area contributed by atoms with Gasteiger partial charge in [-0.3, -0.25) is 9.59 Å². The minimum Gasteiger partial charge on any atom is -0.448 e. The van der Waals surface area contributed by atoms with E-state index in [0.29, 0.717) is 13.2 Å². The Morgan fingerprint density at radius 1 is 0.771 bits per heavy atom. The van der Waals surface area contributed by atoms with E-state index in [2.05, 4.69) is 13.8 Å². The lowest BCUT2D eigenvalue weighted by molar-refractivity contribution is -0.259. The molecule has 0 spiro atoms. The van der Waals surface area contributed by atoms with Gasteiger partial charge in [0.2, 0.25) is 11.9 Å².